The fourth-order valence-electron chi connectivity index (χ4n) is 3.40. The van der Waals surface area contributed by atoms with Crippen molar-refractivity contribution in [1.29, 1.82) is 0 Å². The van der Waals surface area contributed by atoms with Crippen LogP contribution in [-0.4, -0.2) is 43.3 Å². The molecule has 1 saturated heterocycles. The van der Waals surface area contributed by atoms with Gasteiger partial charge in [-0.2, -0.15) is 0 Å². The van der Waals surface area contributed by atoms with E-state index in [-0.39, 0.29) is 6.67 Å². The van der Waals surface area contributed by atoms with Gasteiger partial charge in [-0.15, -0.1) is 0 Å². The summed E-state index contributed by atoms with van der Waals surface area (Å²) in [5, 5.41) is 3.71. The molecule has 2 atom stereocenters. The second-order valence-corrected chi connectivity index (χ2v) is 6.24. The maximum Gasteiger partial charge on any atom is 0.0906 e. The van der Waals surface area contributed by atoms with Gasteiger partial charge in [-0.3, -0.25) is 9.29 Å². The van der Waals surface area contributed by atoms with Crippen LogP contribution in [0.2, 0.25) is 0 Å². The molecule has 2 nitrogen and oxygen atoms in total. The van der Waals surface area contributed by atoms with E-state index in [1.165, 1.54) is 18.4 Å². The maximum atomic E-state index is 12.5. The highest BCUT2D eigenvalue weighted by molar-refractivity contribution is 5.16. The molecule has 0 amide bonds. The van der Waals surface area contributed by atoms with E-state index in [1.54, 1.807) is 0 Å². The molecule has 1 saturated carbocycles. The van der Waals surface area contributed by atoms with Gasteiger partial charge in [-0.25, -0.2) is 0 Å². The van der Waals surface area contributed by atoms with Gasteiger partial charge in [0.05, 0.1) is 6.67 Å². The van der Waals surface area contributed by atoms with Gasteiger partial charge in [0.25, 0.3) is 0 Å². The van der Waals surface area contributed by atoms with Crippen LogP contribution in [0.4, 0.5) is 4.39 Å². The molecule has 1 heterocycles. The van der Waals surface area contributed by atoms with Crippen LogP contribution in [0.1, 0.15) is 24.8 Å². The third-order valence-corrected chi connectivity index (χ3v) is 4.61. The summed E-state index contributed by atoms with van der Waals surface area (Å²) in [6.07, 6.45) is 4.48. The second-order valence-electron chi connectivity index (χ2n) is 6.24. The second kappa shape index (κ2) is 6.68. The Morgan fingerprint density at radius 2 is 2.00 bits per heavy atom. The number of hydrogen-bond donors (Lipinski definition) is 1. The number of rotatable bonds is 6. The fraction of sp³-hybridized carbons (Fsp3) is 0.647. The minimum Gasteiger partial charge on any atom is -0.311 e. The average molecular weight is 276 g/mol. The number of nitrogens with zero attached hydrogens (tertiary/aromatic N) is 1. The van der Waals surface area contributed by atoms with Gasteiger partial charge in [-0.05, 0) is 37.2 Å². The smallest absolute Gasteiger partial charge is 0.0906 e. The van der Waals surface area contributed by atoms with E-state index in [4.69, 9.17) is 0 Å². The SMILES string of the molecule is FCCCN1CC(Cc2ccccc2)NCC1C1CC1. The van der Waals surface area contributed by atoms with E-state index >= 15 is 0 Å². The van der Waals surface area contributed by atoms with Gasteiger partial charge in [0.1, 0.15) is 0 Å². The summed E-state index contributed by atoms with van der Waals surface area (Å²) in [5.41, 5.74) is 1.39. The Kier molecular flexibility index (Phi) is 4.69. The predicted octanol–water partition coefficient (Wildman–Crippen LogP) is 2.64. The third kappa shape index (κ3) is 3.58. The first-order chi connectivity index (χ1) is 9.86. The first-order valence-electron chi connectivity index (χ1n) is 7.94. The monoisotopic (exact) mass is 276 g/mol. The Balaban J connectivity index is 1.58. The topological polar surface area (TPSA) is 15.3 Å². The van der Waals surface area contributed by atoms with E-state index in [1.807, 2.05) is 0 Å². The van der Waals surface area contributed by atoms with Gasteiger partial charge in [0, 0.05) is 31.7 Å². The van der Waals surface area contributed by atoms with Crippen LogP contribution in [0.3, 0.4) is 0 Å². The molecule has 2 fully saturated rings. The van der Waals surface area contributed by atoms with Crippen LogP contribution in [0.15, 0.2) is 30.3 Å². The number of nitrogens with one attached hydrogen (secondary N) is 1. The summed E-state index contributed by atoms with van der Waals surface area (Å²) in [7, 11) is 0. The summed E-state index contributed by atoms with van der Waals surface area (Å²) >= 11 is 0. The van der Waals surface area contributed by atoms with Crippen LogP contribution in [-0.2, 0) is 6.42 Å². The minimum atomic E-state index is -0.190. The average Bonchev–Trinajstić information content (AvgIpc) is 3.31. The van der Waals surface area contributed by atoms with Crippen molar-refractivity contribution in [3.63, 3.8) is 0 Å². The number of alkyl halides is 1. The molecular formula is C17H25FN2. The van der Waals surface area contributed by atoms with Crippen molar-refractivity contribution in [3.8, 4) is 0 Å². The Bertz CT molecular complexity index is 405. The summed E-state index contributed by atoms with van der Waals surface area (Å²) in [6.45, 7) is 2.87. The number of halogens is 1. The highest BCUT2D eigenvalue weighted by Crippen LogP contribution is 2.36. The molecule has 20 heavy (non-hydrogen) atoms. The molecular weight excluding hydrogens is 251 g/mol. The zero-order valence-corrected chi connectivity index (χ0v) is 12.1. The van der Waals surface area contributed by atoms with E-state index in [0.717, 1.165) is 32.0 Å². The fourth-order valence-corrected chi connectivity index (χ4v) is 3.40. The largest absolute Gasteiger partial charge is 0.311 e. The van der Waals surface area contributed by atoms with Gasteiger partial charge < -0.3 is 5.32 Å². The highest BCUT2D eigenvalue weighted by Gasteiger charge is 2.38. The predicted molar refractivity (Wildman–Crippen MR) is 80.6 cm³/mol. The molecule has 1 aromatic carbocycles. The molecule has 3 heteroatoms. The molecule has 1 aliphatic heterocycles. The van der Waals surface area contributed by atoms with Crippen molar-refractivity contribution in [2.75, 3.05) is 26.3 Å². The highest BCUT2D eigenvalue weighted by atomic mass is 19.1. The van der Waals surface area contributed by atoms with E-state index in [9.17, 15) is 4.39 Å². The molecule has 0 bridgehead atoms. The van der Waals surface area contributed by atoms with Crippen LogP contribution >= 0.6 is 0 Å². The Hall–Kier alpha value is -0.930. The van der Waals surface area contributed by atoms with Crippen molar-refractivity contribution < 1.29 is 4.39 Å². The zero-order chi connectivity index (χ0) is 13.8. The molecule has 2 unspecified atom stereocenters. The summed E-state index contributed by atoms with van der Waals surface area (Å²) in [5.74, 6) is 0.861. The molecule has 1 aromatic rings. The molecule has 1 N–H and O–H groups in total. The van der Waals surface area contributed by atoms with Crippen molar-refractivity contribution in [1.82, 2.24) is 10.2 Å². The van der Waals surface area contributed by atoms with Crippen molar-refractivity contribution in [2.45, 2.75) is 37.8 Å². The number of piperazine rings is 1. The van der Waals surface area contributed by atoms with E-state index in [2.05, 4.69) is 40.5 Å². The lowest BCUT2D eigenvalue weighted by molar-refractivity contribution is 0.110. The van der Waals surface area contributed by atoms with Crippen LogP contribution in [0, 0.1) is 5.92 Å². The molecule has 2 aliphatic rings. The van der Waals surface area contributed by atoms with Crippen molar-refractivity contribution in [3.05, 3.63) is 35.9 Å². The van der Waals surface area contributed by atoms with Gasteiger partial charge >= 0.3 is 0 Å². The standard InChI is InChI=1S/C17H25FN2/c18-9-4-10-20-13-16(11-14-5-2-1-3-6-14)19-12-17(20)15-7-8-15/h1-3,5-6,15-17,19H,4,7-13H2. The van der Waals surface area contributed by atoms with Gasteiger partial charge in [-0.1, -0.05) is 30.3 Å². The first kappa shape index (κ1) is 14.0. The quantitative estimate of drug-likeness (QED) is 0.859. The first-order valence-corrected chi connectivity index (χ1v) is 7.94. The van der Waals surface area contributed by atoms with Crippen LogP contribution < -0.4 is 5.32 Å². The molecule has 110 valence electrons. The normalized spacial score (nSPS) is 27.6. The summed E-state index contributed by atoms with van der Waals surface area (Å²) in [4.78, 5) is 2.54. The summed E-state index contributed by atoms with van der Waals surface area (Å²) in [6, 6.07) is 11.8. The molecule has 0 aromatic heterocycles. The van der Waals surface area contributed by atoms with E-state index < -0.39 is 0 Å². The summed E-state index contributed by atoms with van der Waals surface area (Å²) < 4.78 is 12.5. The van der Waals surface area contributed by atoms with Gasteiger partial charge in [0.2, 0.25) is 0 Å². The van der Waals surface area contributed by atoms with Crippen LogP contribution in [0.25, 0.3) is 0 Å². The van der Waals surface area contributed by atoms with Crippen LogP contribution in [0.5, 0.6) is 0 Å². The maximum absolute atomic E-state index is 12.5. The van der Waals surface area contributed by atoms with Crippen molar-refractivity contribution >= 4 is 0 Å². The van der Waals surface area contributed by atoms with E-state index in [0.29, 0.717) is 18.5 Å². The minimum absolute atomic E-state index is 0.190. The zero-order valence-electron chi connectivity index (χ0n) is 12.1. The molecule has 0 radical (unpaired) electrons. The Labute approximate surface area is 121 Å². The lowest BCUT2D eigenvalue weighted by Crippen LogP contribution is -2.58. The Morgan fingerprint density at radius 3 is 2.70 bits per heavy atom. The number of benzene rings is 1. The lowest BCUT2D eigenvalue weighted by atomic mass is 9.99. The molecule has 1 aliphatic carbocycles. The van der Waals surface area contributed by atoms with Gasteiger partial charge in [0.15, 0.2) is 0 Å². The molecule has 0 spiro atoms. The lowest BCUT2D eigenvalue weighted by Gasteiger charge is -2.41. The number of hydrogen-bond acceptors (Lipinski definition) is 2. The van der Waals surface area contributed by atoms with Crippen molar-refractivity contribution in [2.24, 2.45) is 5.92 Å². The third-order valence-electron chi connectivity index (χ3n) is 4.61. The Morgan fingerprint density at radius 1 is 1.20 bits per heavy atom. The molecule has 3 rings (SSSR count).